The quantitative estimate of drug-likeness (QED) is 0.695. The monoisotopic (exact) mass is 439 g/mol. The van der Waals surface area contributed by atoms with E-state index in [1.807, 2.05) is 18.6 Å². The summed E-state index contributed by atoms with van der Waals surface area (Å²) in [5.41, 5.74) is 6.83. The highest BCUT2D eigenvalue weighted by Gasteiger charge is 2.53. The van der Waals surface area contributed by atoms with Crippen LogP contribution in [0.15, 0.2) is 76.0 Å². The summed E-state index contributed by atoms with van der Waals surface area (Å²) < 4.78 is 0. The molecule has 1 aromatic carbocycles. The molecule has 168 valence electrons. The van der Waals surface area contributed by atoms with Crippen LogP contribution in [-0.2, 0) is 10.2 Å². The summed E-state index contributed by atoms with van der Waals surface area (Å²) in [7, 11) is 0. The van der Waals surface area contributed by atoms with E-state index in [2.05, 4.69) is 76.9 Å². The minimum absolute atomic E-state index is 0.00478. The van der Waals surface area contributed by atoms with Crippen molar-refractivity contribution in [1.29, 1.82) is 0 Å². The highest BCUT2D eigenvalue weighted by molar-refractivity contribution is 6.00. The maximum atomic E-state index is 13.6. The van der Waals surface area contributed by atoms with Gasteiger partial charge in [-0.05, 0) is 73.4 Å². The summed E-state index contributed by atoms with van der Waals surface area (Å²) in [6.07, 6.45) is 9.47. The lowest BCUT2D eigenvalue weighted by atomic mass is 9.62. The number of amides is 1. The van der Waals surface area contributed by atoms with Crippen LogP contribution in [0.25, 0.3) is 11.1 Å². The van der Waals surface area contributed by atoms with Gasteiger partial charge < -0.3 is 10.6 Å². The molecule has 0 bridgehead atoms. The van der Waals surface area contributed by atoms with Gasteiger partial charge in [-0.2, -0.15) is 10.2 Å². The zero-order chi connectivity index (χ0) is 22.8. The van der Waals surface area contributed by atoms with Crippen LogP contribution in [0, 0.1) is 0 Å². The minimum Gasteiger partial charge on any atom is -0.362 e. The number of azo groups is 1. The van der Waals surface area contributed by atoms with Crippen LogP contribution in [-0.4, -0.2) is 22.6 Å². The Morgan fingerprint density at radius 1 is 1.18 bits per heavy atom. The zero-order valence-electron chi connectivity index (χ0n) is 19.4. The van der Waals surface area contributed by atoms with E-state index in [9.17, 15) is 4.79 Å². The first-order valence-electron chi connectivity index (χ1n) is 11.9. The van der Waals surface area contributed by atoms with Crippen molar-refractivity contribution in [3.63, 3.8) is 0 Å². The molecular weight excluding hydrogens is 410 g/mol. The van der Waals surface area contributed by atoms with Crippen LogP contribution >= 0.6 is 0 Å². The Hall–Kier alpha value is -3.28. The van der Waals surface area contributed by atoms with E-state index in [4.69, 9.17) is 0 Å². The number of carbonyl (C=O) groups is 1. The second-order valence-electron chi connectivity index (χ2n) is 10.3. The van der Waals surface area contributed by atoms with Gasteiger partial charge in [-0.15, -0.1) is 0 Å². The standard InChI is InChI=1S/C27H29N5O/c1-4-27(18-7-5-6-17(12-18)19-10-11-28-14-20(19)16-8-9-16)21-15-29-32-24(21)30-22-13-26(2,3)31-25(33)23(22)27/h5-7,10-12,14-16,24,30H,4,8-9,13H2,1-3H3,(H,31,33)/t24?,27-/m0/s1. The molecule has 4 heterocycles. The summed E-state index contributed by atoms with van der Waals surface area (Å²) in [6.45, 7) is 6.29. The lowest BCUT2D eigenvalue weighted by molar-refractivity contribution is -0.120. The van der Waals surface area contributed by atoms with Gasteiger partial charge in [-0.25, -0.2) is 0 Å². The van der Waals surface area contributed by atoms with Gasteiger partial charge in [0.2, 0.25) is 0 Å². The van der Waals surface area contributed by atoms with Crippen molar-refractivity contribution in [2.45, 2.75) is 69.5 Å². The smallest absolute Gasteiger partial charge is 0.250 e. The molecule has 3 aliphatic heterocycles. The number of nitrogens with zero attached hydrogens (tertiary/aromatic N) is 3. The van der Waals surface area contributed by atoms with Crippen molar-refractivity contribution in [3.8, 4) is 11.1 Å². The predicted octanol–water partition coefficient (Wildman–Crippen LogP) is 5.11. The van der Waals surface area contributed by atoms with Gasteiger partial charge in [-0.1, -0.05) is 25.1 Å². The lowest BCUT2D eigenvalue weighted by Crippen LogP contribution is -2.58. The average Bonchev–Trinajstić information content (AvgIpc) is 3.54. The first-order chi connectivity index (χ1) is 15.9. The molecule has 1 fully saturated rings. The van der Waals surface area contributed by atoms with Crippen molar-refractivity contribution in [1.82, 2.24) is 15.6 Å². The predicted molar refractivity (Wildman–Crippen MR) is 127 cm³/mol. The van der Waals surface area contributed by atoms with Crippen molar-refractivity contribution >= 4 is 5.91 Å². The molecule has 1 amide bonds. The fraction of sp³-hybridized carbons (Fsp3) is 0.407. The molecule has 2 aromatic rings. The Kier molecular flexibility index (Phi) is 4.38. The fourth-order valence-corrected chi connectivity index (χ4v) is 5.95. The molecule has 6 heteroatoms. The molecule has 0 radical (unpaired) electrons. The summed E-state index contributed by atoms with van der Waals surface area (Å²) in [5, 5.41) is 15.5. The highest BCUT2D eigenvalue weighted by atomic mass is 16.2. The Labute approximate surface area is 194 Å². The zero-order valence-corrected chi connectivity index (χ0v) is 19.4. The van der Waals surface area contributed by atoms with Gasteiger partial charge in [0.15, 0.2) is 6.17 Å². The number of carbonyl (C=O) groups excluding carboxylic acids is 1. The Bertz CT molecular complexity index is 1250. The van der Waals surface area contributed by atoms with Crippen LogP contribution in [0.3, 0.4) is 0 Å². The van der Waals surface area contributed by atoms with Crippen molar-refractivity contribution in [3.05, 3.63) is 76.9 Å². The van der Waals surface area contributed by atoms with E-state index < -0.39 is 5.41 Å². The second kappa shape index (κ2) is 7.11. The van der Waals surface area contributed by atoms with Crippen LogP contribution in [0.2, 0.25) is 0 Å². The third-order valence-electron chi connectivity index (χ3n) is 7.57. The number of hydrogen-bond donors (Lipinski definition) is 2. The molecular formula is C27H29N5O. The SMILES string of the molecule is CC[C@]1(c2cccc(-c3ccncc3C3CC3)c2)C2=CN=NC2NC2=C1C(=O)NC(C)(C)C2. The minimum atomic E-state index is -0.571. The van der Waals surface area contributed by atoms with E-state index in [0.717, 1.165) is 35.2 Å². The first kappa shape index (κ1) is 20.3. The Balaban J connectivity index is 1.55. The molecule has 1 saturated carbocycles. The number of nitrogens with one attached hydrogen (secondary N) is 2. The molecule has 6 nitrogen and oxygen atoms in total. The van der Waals surface area contributed by atoms with Gasteiger partial charge in [-0.3, -0.25) is 9.78 Å². The Morgan fingerprint density at radius 2 is 2.03 bits per heavy atom. The van der Waals surface area contributed by atoms with E-state index in [1.54, 1.807) is 0 Å². The van der Waals surface area contributed by atoms with Crippen LogP contribution in [0.1, 0.15) is 63.5 Å². The number of benzene rings is 1. The number of hydrogen-bond acceptors (Lipinski definition) is 5. The third-order valence-corrected chi connectivity index (χ3v) is 7.57. The molecule has 2 N–H and O–H groups in total. The van der Waals surface area contributed by atoms with E-state index in [1.165, 1.54) is 29.5 Å². The van der Waals surface area contributed by atoms with Crippen molar-refractivity contribution in [2.75, 3.05) is 0 Å². The fourth-order valence-electron chi connectivity index (χ4n) is 5.95. The maximum absolute atomic E-state index is 13.6. The van der Waals surface area contributed by atoms with Crippen LogP contribution < -0.4 is 10.6 Å². The molecule has 0 spiro atoms. The average molecular weight is 440 g/mol. The maximum Gasteiger partial charge on any atom is 0.250 e. The number of pyridine rings is 1. The normalized spacial score (nSPS) is 27.4. The van der Waals surface area contributed by atoms with Crippen LogP contribution in [0.4, 0.5) is 0 Å². The van der Waals surface area contributed by atoms with E-state index in [-0.39, 0.29) is 17.6 Å². The summed E-state index contributed by atoms with van der Waals surface area (Å²) in [5.74, 6) is 0.603. The number of rotatable bonds is 4. The lowest BCUT2D eigenvalue weighted by Gasteiger charge is -2.48. The topological polar surface area (TPSA) is 78.7 Å². The molecule has 0 saturated heterocycles. The molecule has 4 aliphatic rings. The van der Waals surface area contributed by atoms with Gasteiger partial charge in [0, 0.05) is 35.6 Å². The molecule has 1 unspecified atom stereocenters. The molecule has 1 aliphatic carbocycles. The molecule has 1 aromatic heterocycles. The van der Waals surface area contributed by atoms with Gasteiger partial charge in [0.05, 0.1) is 17.2 Å². The summed E-state index contributed by atoms with van der Waals surface area (Å²) in [4.78, 5) is 18.0. The number of aromatic nitrogens is 1. The summed E-state index contributed by atoms with van der Waals surface area (Å²) >= 11 is 0. The van der Waals surface area contributed by atoms with Crippen molar-refractivity contribution in [2.24, 2.45) is 10.2 Å². The van der Waals surface area contributed by atoms with E-state index in [0.29, 0.717) is 5.92 Å². The molecule has 6 rings (SSSR count). The highest BCUT2D eigenvalue weighted by Crippen LogP contribution is 2.52. The van der Waals surface area contributed by atoms with Crippen LogP contribution in [0.5, 0.6) is 0 Å². The van der Waals surface area contributed by atoms with Gasteiger partial charge >= 0.3 is 0 Å². The Morgan fingerprint density at radius 3 is 2.82 bits per heavy atom. The number of fused-ring (bicyclic) bond motifs is 1. The third kappa shape index (κ3) is 3.07. The summed E-state index contributed by atoms with van der Waals surface area (Å²) in [6, 6.07) is 10.8. The van der Waals surface area contributed by atoms with Gasteiger partial charge in [0.25, 0.3) is 5.91 Å². The second-order valence-corrected chi connectivity index (χ2v) is 10.3. The van der Waals surface area contributed by atoms with Gasteiger partial charge in [0.1, 0.15) is 0 Å². The molecule has 33 heavy (non-hydrogen) atoms. The largest absolute Gasteiger partial charge is 0.362 e. The molecule has 2 atom stereocenters. The van der Waals surface area contributed by atoms with E-state index >= 15 is 0 Å². The first-order valence-corrected chi connectivity index (χ1v) is 11.9. The van der Waals surface area contributed by atoms with Crippen molar-refractivity contribution < 1.29 is 4.79 Å².